The summed E-state index contributed by atoms with van der Waals surface area (Å²) >= 11 is 3.85. The first kappa shape index (κ1) is 10.7. The van der Waals surface area contributed by atoms with Crippen LogP contribution in [0, 0.1) is 10.8 Å². The van der Waals surface area contributed by atoms with Gasteiger partial charge in [0.15, 0.2) is 0 Å². The summed E-state index contributed by atoms with van der Waals surface area (Å²) in [6.45, 7) is 0. The molecular formula is C13H14BrN3O2. The highest BCUT2D eigenvalue weighted by Gasteiger charge is 2.85. The van der Waals surface area contributed by atoms with Crippen molar-refractivity contribution in [3.05, 3.63) is 33.1 Å². The summed E-state index contributed by atoms with van der Waals surface area (Å²) in [5.41, 5.74) is -0.00898. The van der Waals surface area contributed by atoms with Crippen LogP contribution in [0.2, 0.25) is 0 Å². The topological polar surface area (TPSA) is 48.9 Å². The molecule has 0 amide bonds. The van der Waals surface area contributed by atoms with Crippen LogP contribution in [0.1, 0.15) is 31.3 Å². The van der Waals surface area contributed by atoms with E-state index in [2.05, 4.69) is 28.1 Å². The molecule has 19 heavy (non-hydrogen) atoms. The van der Waals surface area contributed by atoms with Gasteiger partial charge in [-0.25, -0.2) is 23.5 Å². The maximum Gasteiger partial charge on any atom is 0.347 e. The molecule has 5 nitrogen and oxygen atoms in total. The van der Waals surface area contributed by atoms with Crippen molar-refractivity contribution in [2.75, 3.05) is 0 Å². The van der Waals surface area contributed by atoms with Gasteiger partial charge in [-0.05, 0) is 12.8 Å². The molecule has 0 spiro atoms. The normalized spacial score (nSPS) is 48.0. The number of hydrogen-bond acceptors (Lipinski definition) is 2. The van der Waals surface area contributed by atoms with Crippen LogP contribution in [0.5, 0.6) is 0 Å². The van der Waals surface area contributed by atoms with E-state index in [0.717, 1.165) is 12.8 Å². The number of alkyl halides is 1. The van der Waals surface area contributed by atoms with Crippen molar-refractivity contribution in [2.24, 2.45) is 17.9 Å². The minimum Gasteiger partial charge on any atom is -0.246 e. The molecule has 6 heteroatoms. The van der Waals surface area contributed by atoms with Gasteiger partial charge in [-0.3, -0.25) is 0 Å². The minimum atomic E-state index is -0.175. The van der Waals surface area contributed by atoms with E-state index in [1.807, 2.05) is 0 Å². The number of halogens is 1. The van der Waals surface area contributed by atoms with Crippen molar-refractivity contribution >= 4 is 15.9 Å². The van der Waals surface area contributed by atoms with Crippen LogP contribution >= 0.6 is 15.9 Å². The molecule has 0 saturated heterocycles. The van der Waals surface area contributed by atoms with E-state index >= 15 is 0 Å². The van der Waals surface area contributed by atoms with Crippen LogP contribution in [0.25, 0.3) is 0 Å². The molecule has 3 heterocycles. The van der Waals surface area contributed by atoms with Gasteiger partial charge < -0.3 is 0 Å². The zero-order chi connectivity index (χ0) is 13.2. The van der Waals surface area contributed by atoms with Gasteiger partial charge >= 0.3 is 11.4 Å². The van der Waals surface area contributed by atoms with Gasteiger partial charge in [-0.15, -0.1) is 0 Å². The first-order valence-electron chi connectivity index (χ1n) is 6.80. The van der Waals surface area contributed by atoms with Gasteiger partial charge in [-0.2, -0.15) is 0 Å². The monoisotopic (exact) mass is 323 g/mol. The number of hydrogen-bond donors (Lipinski definition) is 0. The molecule has 2 fully saturated rings. The lowest BCUT2D eigenvalue weighted by molar-refractivity contribution is 0.122. The fourth-order valence-corrected chi connectivity index (χ4v) is 7.09. The molecule has 0 N–H and O–H groups in total. The Bertz CT molecular complexity index is 712. The molecular weight excluding hydrogens is 310 g/mol. The maximum absolute atomic E-state index is 12.3. The molecule has 1 unspecified atom stereocenters. The van der Waals surface area contributed by atoms with Crippen molar-refractivity contribution in [2.45, 2.75) is 36.2 Å². The molecule has 6 rings (SSSR count). The second kappa shape index (κ2) is 2.71. The predicted molar refractivity (Wildman–Crippen MR) is 72.6 cm³/mol. The Morgan fingerprint density at radius 1 is 1.11 bits per heavy atom. The Hall–Kier alpha value is -1.04. The van der Waals surface area contributed by atoms with Gasteiger partial charge in [0.05, 0.1) is 12.1 Å². The minimum absolute atomic E-state index is 0.0470. The highest BCUT2D eigenvalue weighted by molar-refractivity contribution is 9.09. The lowest BCUT2D eigenvalue weighted by Crippen LogP contribution is -2.47. The summed E-state index contributed by atoms with van der Waals surface area (Å²) in [4.78, 5) is 25.1. The summed E-state index contributed by atoms with van der Waals surface area (Å²) in [6.07, 6.45) is 7.82. The average Bonchev–Trinajstić information content (AvgIpc) is 2.75. The lowest BCUT2D eigenvalue weighted by Gasteiger charge is -2.41. The molecule has 5 atom stereocenters. The molecule has 100 valence electrons. The van der Waals surface area contributed by atoms with E-state index in [1.54, 1.807) is 16.4 Å². The highest BCUT2D eigenvalue weighted by Crippen LogP contribution is 2.86. The van der Waals surface area contributed by atoms with Gasteiger partial charge in [0.25, 0.3) is 0 Å². The summed E-state index contributed by atoms with van der Waals surface area (Å²) in [5, 5.41) is 0. The molecule has 2 bridgehead atoms. The molecule has 0 radical (unpaired) electrons. The van der Waals surface area contributed by atoms with Crippen LogP contribution in [0.3, 0.4) is 0 Å². The van der Waals surface area contributed by atoms with Crippen molar-refractivity contribution in [1.82, 2.24) is 13.9 Å². The van der Waals surface area contributed by atoms with Gasteiger partial charge in [0.2, 0.25) is 0 Å². The Balaban J connectivity index is 1.92. The number of rotatable bonds is 0. The van der Waals surface area contributed by atoms with Gasteiger partial charge in [0.1, 0.15) is 0 Å². The second-order valence-electron chi connectivity index (χ2n) is 6.38. The highest BCUT2D eigenvalue weighted by atomic mass is 79.9. The van der Waals surface area contributed by atoms with Gasteiger partial charge in [-0.1, -0.05) is 34.5 Å². The SMILES string of the molecule is Cn1c(=O)n2n(c1=O)[C@@H]1C=C[C@H]2[C@@]23CCC[C@@]12C3Br. The first-order chi connectivity index (χ1) is 9.07. The number of nitrogens with zero attached hydrogens (tertiary/aromatic N) is 3. The Morgan fingerprint density at radius 3 is 2.05 bits per heavy atom. The van der Waals surface area contributed by atoms with Crippen LogP contribution in [-0.4, -0.2) is 18.8 Å². The maximum atomic E-state index is 12.3. The summed E-state index contributed by atoms with van der Waals surface area (Å²) in [6, 6.07) is 0.0940. The summed E-state index contributed by atoms with van der Waals surface area (Å²) < 4.78 is 4.65. The number of allylic oxidation sites excluding steroid dienone is 2. The fourth-order valence-electron chi connectivity index (χ4n) is 5.37. The molecule has 1 aromatic rings. The van der Waals surface area contributed by atoms with E-state index in [-0.39, 0.29) is 34.3 Å². The van der Waals surface area contributed by atoms with E-state index < -0.39 is 0 Å². The van der Waals surface area contributed by atoms with Gasteiger partial charge in [0, 0.05) is 22.7 Å². The van der Waals surface area contributed by atoms with Crippen LogP contribution < -0.4 is 11.4 Å². The Morgan fingerprint density at radius 2 is 1.58 bits per heavy atom. The standard InChI is InChI=1S/C13H14BrN3O2/c1-15-10(18)16-7-3-4-8(17(16)11(15)19)13-6-2-5-12(7,13)9(13)14/h3-4,7-9H,2,5-6H2,1H3/t7-,8+,9?,12+,13-. The Labute approximate surface area is 117 Å². The molecule has 2 saturated carbocycles. The van der Waals surface area contributed by atoms with E-state index in [0.29, 0.717) is 4.83 Å². The molecule has 3 aliphatic carbocycles. The largest absolute Gasteiger partial charge is 0.347 e. The fraction of sp³-hybridized carbons (Fsp3) is 0.692. The molecule has 2 aliphatic heterocycles. The van der Waals surface area contributed by atoms with Crippen LogP contribution in [-0.2, 0) is 7.05 Å². The summed E-state index contributed by atoms with van der Waals surface area (Å²) in [7, 11) is 1.57. The Kier molecular flexibility index (Phi) is 1.53. The zero-order valence-electron chi connectivity index (χ0n) is 10.5. The molecule has 1 aromatic heterocycles. The first-order valence-corrected chi connectivity index (χ1v) is 7.71. The second-order valence-corrected chi connectivity index (χ2v) is 7.30. The van der Waals surface area contributed by atoms with E-state index in [4.69, 9.17) is 0 Å². The summed E-state index contributed by atoms with van der Waals surface area (Å²) in [5.74, 6) is 0. The predicted octanol–water partition coefficient (Wildman–Crippen LogP) is 0.948. The van der Waals surface area contributed by atoms with Crippen molar-refractivity contribution in [1.29, 1.82) is 0 Å². The van der Waals surface area contributed by atoms with E-state index in [1.165, 1.54) is 11.0 Å². The number of aromatic nitrogens is 3. The molecule has 5 aliphatic rings. The van der Waals surface area contributed by atoms with Crippen molar-refractivity contribution in [3.63, 3.8) is 0 Å². The molecule has 0 aromatic carbocycles. The van der Waals surface area contributed by atoms with Crippen LogP contribution in [0.4, 0.5) is 0 Å². The lowest BCUT2D eigenvalue weighted by atomic mass is 9.77. The quantitative estimate of drug-likeness (QED) is 0.527. The average molecular weight is 324 g/mol. The third-order valence-corrected chi connectivity index (χ3v) is 7.76. The smallest absolute Gasteiger partial charge is 0.246 e. The van der Waals surface area contributed by atoms with Crippen molar-refractivity contribution < 1.29 is 0 Å². The third-order valence-electron chi connectivity index (χ3n) is 6.12. The van der Waals surface area contributed by atoms with Crippen LogP contribution in [0.15, 0.2) is 21.7 Å². The van der Waals surface area contributed by atoms with E-state index in [9.17, 15) is 9.59 Å². The third kappa shape index (κ3) is 0.754. The van der Waals surface area contributed by atoms with Crippen molar-refractivity contribution in [3.8, 4) is 0 Å². The zero-order valence-corrected chi connectivity index (χ0v) is 12.1.